The third kappa shape index (κ3) is 4.63. The molecule has 4 nitrogen and oxygen atoms in total. The monoisotopic (exact) mass is 428 g/mol. The molecule has 0 atom stereocenters. The lowest BCUT2D eigenvalue weighted by atomic mass is 9.78. The first-order valence-electron chi connectivity index (χ1n) is 11.3. The van der Waals surface area contributed by atoms with Crippen molar-refractivity contribution in [3.05, 3.63) is 53.1 Å². The Balaban J connectivity index is 1.90. The molecular weight excluding hydrogens is 396 g/mol. The summed E-state index contributed by atoms with van der Waals surface area (Å²) in [5, 5.41) is 9.36. The average Bonchev–Trinajstić information content (AvgIpc) is 2.79. The van der Waals surface area contributed by atoms with E-state index in [0.717, 1.165) is 79.2 Å². The van der Waals surface area contributed by atoms with Crippen LogP contribution in [0.4, 0.5) is 0 Å². The molecular formula is C25H32O4S. The molecule has 0 unspecified atom stereocenters. The highest BCUT2D eigenvalue weighted by molar-refractivity contribution is 7.86. The number of hydrogen-bond donors (Lipinski definition) is 2. The van der Waals surface area contributed by atoms with Gasteiger partial charge in [-0.15, -0.1) is 0 Å². The Morgan fingerprint density at radius 3 is 1.60 bits per heavy atom. The molecule has 0 aromatic heterocycles. The summed E-state index contributed by atoms with van der Waals surface area (Å²) in [6, 6.07) is 11.8. The maximum atomic E-state index is 12.6. The van der Waals surface area contributed by atoms with Gasteiger partial charge in [-0.25, -0.2) is 0 Å². The first-order chi connectivity index (χ1) is 14.5. The van der Waals surface area contributed by atoms with E-state index >= 15 is 0 Å². The van der Waals surface area contributed by atoms with Crippen molar-refractivity contribution >= 4 is 10.1 Å². The molecule has 0 amide bonds. The summed E-state index contributed by atoms with van der Waals surface area (Å²) in [4.78, 5) is 0.192. The number of aliphatic hydroxyl groups is 1. The van der Waals surface area contributed by atoms with Gasteiger partial charge in [0.1, 0.15) is 4.90 Å². The van der Waals surface area contributed by atoms with Crippen LogP contribution in [0.5, 0.6) is 0 Å². The zero-order valence-electron chi connectivity index (χ0n) is 17.5. The summed E-state index contributed by atoms with van der Waals surface area (Å²) in [5.74, 6) is 0.351. The fraction of sp³-hybridized carbons (Fsp3) is 0.520. The Hall–Kier alpha value is -1.69. The zero-order chi connectivity index (χ0) is 21.1. The Kier molecular flexibility index (Phi) is 6.61. The molecule has 30 heavy (non-hydrogen) atoms. The molecule has 2 N–H and O–H groups in total. The molecule has 2 aliphatic rings. The third-order valence-corrected chi connectivity index (χ3v) is 7.95. The van der Waals surface area contributed by atoms with Crippen molar-refractivity contribution in [1.82, 2.24) is 0 Å². The summed E-state index contributed by atoms with van der Waals surface area (Å²) in [6.45, 7) is 0.00260. The van der Waals surface area contributed by atoms with Crippen molar-refractivity contribution in [3.8, 4) is 11.1 Å². The fourth-order valence-corrected chi connectivity index (χ4v) is 6.42. The lowest BCUT2D eigenvalue weighted by Crippen LogP contribution is -2.16. The summed E-state index contributed by atoms with van der Waals surface area (Å²) >= 11 is 0. The predicted octanol–water partition coefficient (Wildman–Crippen LogP) is 6.19. The highest BCUT2D eigenvalue weighted by atomic mass is 32.2. The number of aliphatic hydroxyl groups excluding tert-OH is 1. The van der Waals surface area contributed by atoms with Crippen molar-refractivity contribution in [2.75, 3.05) is 0 Å². The van der Waals surface area contributed by atoms with Crippen molar-refractivity contribution in [3.63, 3.8) is 0 Å². The highest BCUT2D eigenvalue weighted by Gasteiger charge is 2.31. The average molecular weight is 429 g/mol. The number of rotatable bonds is 5. The summed E-state index contributed by atoms with van der Waals surface area (Å²) in [7, 11) is -4.31. The summed E-state index contributed by atoms with van der Waals surface area (Å²) < 4.78 is 35.5. The van der Waals surface area contributed by atoms with Crippen LogP contribution in [-0.4, -0.2) is 18.1 Å². The largest absolute Gasteiger partial charge is 0.392 e. The van der Waals surface area contributed by atoms with Crippen LogP contribution in [0.2, 0.25) is 0 Å². The number of benzene rings is 2. The van der Waals surface area contributed by atoms with Gasteiger partial charge in [0.25, 0.3) is 10.1 Å². The standard InChI is InChI=1S/C25H32O4S/c26-17-18-11-13-19(14-12-18)22-15-23(20-7-3-1-4-8-20)25(30(27,28)29)24(16-22)21-9-5-2-6-10-21/h11-16,20-21,26H,1-10,17H2,(H,27,28,29). The van der Waals surface area contributed by atoms with Gasteiger partial charge in [0.2, 0.25) is 0 Å². The molecule has 162 valence electrons. The first-order valence-corrected chi connectivity index (χ1v) is 12.8. The maximum Gasteiger partial charge on any atom is 0.295 e. The lowest BCUT2D eigenvalue weighted by Gasteiger charge is -2.29. The molecule has 4 rings (SSSR count). The molecule has 2 aliphatic carbocycles. The molecule has 2 fully saturated rings. The molecule has 0 spiro atoms. The Bertz CT molecular complexity index is 928. The predicted molar refractivity (Wildman–Crippen MR) is 119 cm³/mol. The summed E-state index contributed by atoms with van der Waals surface area (Å²) in [6.07, 6.45) is 10.7. The van der Waals surface area contributed by atoms with Crippen LogP contribution in [0.15, 0.2) is 41.3 Å². The van der Waals surface area contributed by atoms with Gasteiger partial charge in [0, 0.05) is 0 Å². The minimum Gasteiger partial charge on any atom is -0.392 e. The Morgan fingerprint density at radius 2 is 1.20 bits per heavy atom. The quantitative estimate of drug-likeness (QED) is 0.557. The SMILES string of the molecule is O=S(=O)(O)c1c(C2CCCCC2)cc(-c2ccc(CO)cc2)cc1C1CCCCC1. The van der Waals surface area contributed by atoms with E-state index in [1.165, 1.54) is 12.8 Å². The second kappa shape index (κ2) is 9.21. The van der Waals surface area contributed by atoms with Gasteiger partial charge in [0.15, 0.2) is 0 Å². The number of hydrogen-bond acceptors (Lipinski definition) is 3. The minimum absolute atomic E-state index is 0.00260. The van der Waals surface area contributed by atoms with Crippen molar-refractivity contribution in [2.24, 2.45) is 0 Å². The van der Waals surface area contributed by atoms with Gasteiger partial charge in [0.05, 0.1) is 6.61 Å². The molecule has 2 aromatic rings. The smallest absolute Gasteiger partial charge is 0.295 e. The topological polar surface area (TPSA) is 74.6 Å². The molecule has 2 saturated carbocycles. The lowest BCUT2D eigenvalue weighted by molar-refractivity contribution is 0.282. The first kappa shape index (κ1) is 21.5. The molecule has 0 aliphatic heterocycles. The van der Waals surface area contributed by atoms with Crippen LogP contribution in [0, 0.1) is 0 Å². The molecule has 2 aromatic carbocycles. The second-order valence-corrected chi connectivity index (χ2v) is 10.3. The maximum absolute atomic E-state index is 12.6. The van der Waals surface area contributed by atoms with E-state index in [1.54, 1.807) is 0 Å². The zero-order valence-corrected chi connectivity index (χ0v) is 18.3. The molecule has 0 radical (unpaired) electrons. The van der Waals surface area contributed by atoms with Crippen LogP contribution in [0.3, 0.4) is 0 Å². The van der Waals surface area contributed by atoms with E-state index < -0.39 is 10.1 Å². The van der Waals surface area contributed by atoms with Gasteiger partial charge in [-0.1, -0.05) is 62.8 Å². The summed E-state index contributed by atoms with van der Waals surface area (Å²) in [5.41, 5.74) is 4.49. The van der Waals surface area contributed by atoms with E-state index in [0.29, 0.717) is 0 Å². The van der Waals surface area contributed by atoms with E-state index in [4.69, 9.17) is 0 Å². The van der Waals surface area contributed by atoms with Gasteiger partial charge in [-0.2, -0.15) is 8.42 Å². The second-order valence-electron chi connectivity index (χ2n) is 8.98. The van der Waals surface area contributed by atoms with E-state index in [2.05, 4.69) is 0 Å². The van der Waals surface area contributed by atoms with Gasteiger partial charge in [-0.3, -0.25) is 4.55 Å². The van der Waals surface area contributed by atoms with E-state index in [9.17, 15) is 18.1 Å². The van der Waals surface area contributed by atoms with Crippen LogP contribution in [0.1, 0.15) is 92.7 Å². The van der Waals surface area contributed by atoms with Crippen molar-refractivity contribution < 1.29 is 18.1 Å². The van der Waals surface area contributed by atoms with Crippen LogP contribution in [-0.2, 0) is 16.7 Å². The normalized spacial score (nSPS) is 19.1. The van der Waals surface area contributed by atoms with Gasteiger partial charge in [-0.05, 0) is 77.5 Å². The van der Waals surface area contributed by atoms with E-state index in [1.807, 2.05) is 36.4 Å². The van der Waals surface area contributed by atoms with Gasteiger partial charge < -0.3 is 5.11 Å². The fourth-order valence-electron chi connectivity index (χ4n) is 5.38. The molecule has 0 saturated heterocycles. The van der Waals surface area contributed by atoms with Crippen LogP contribution < -0.4 is 0 Å². The molecule has 0 bridgehead atoms. The van der Waals surface area contributed by atoms with Crippen LogP contribution in [0.25, 0.3) is 11.1 Å². The minimum atomic E-state index is -4.31. The van der Waals surface area contributed by atoms with Crippen LogP contribution >= 0.6 is 0 Å². The van der Waals surface area contributed by atoms with Crippen molar-refractivity contribution in [1.29, 1.82) is 0 Å². The highest BCUT2D eigenvalue weighted by Crippen LogP contribution is 2.44. The van der Waals surface area contributed by atoms with Crippen molar-refractivity contribution in [2.45, 2.75) is 87.5 Å². The third-order valence-electron chi connectivity index (χ3n) is 6.96. The molecule has 0 heterocycles. The van der Waals surface area contributed by atoms with E-state index in [-0.39, 0.29) is 23.3 Å². The Morgan fingerprint density at radius 1 is 0.733 bits per heavy atom. The van der Waals surface area contributed by atoms with Gasteiger partial charge >= 0.3 is 0 Å². The molecule has 5 heteroatoms. The Labute approximate surface area is 180 Å².